The van der Waals surface area contributed by atoms with Crippen LogP contribution in [0.3, 0.4) is 0 Å². The van der Waals surface area contributed by atoms with Gasteiger partial charge in [0.25, 0.3) is 5.91 Å². The quantitative estimate of drug-likeness (QED) is 0.800. The molecule has 0 aliphatic rings. The maximum absolute atomic E-state index is 12.0. The van der Waals surface area contributed by atoms with Crippen LogP contribution in [0.4, 0.5) is 11.6 Å². The van der Waals surface area contributed by atoms with E-state index in [1.165, 1.54) is 0 Å². The zero-order chi connectivity index (χ0) is 15.9. The van der Waals surface area contributed by atoms with Crippen LogP contribution in [0, 0.1) is 13.8 Å². The summed E-state index contributed by atoms with van der Waals surface area (Å²) in [6, 6.07) is 7.67. The minimum Gasteiger partial charge on any atom is -0.383 e. The number of anilines is 2. The molecule has 6 nitrogen and oxygen atoms in total. The van der Waals surface area contributed by atoms with E-state index >= 15 is 0 Å². The standard InChI is InChI=1S/C16H20N4O2/c1-11-4-5-12(2)14(10-11)20-16-18-7-6-13(19-16)15(21)17-8-9-22-3/h4-7,10H,8-9H2,1-3H3,(H,17,21)(H,18,19,20). The number of ether oxygens (including phenoxy) is 1. The van der Waals surface area contributed by atoms with Crippen molar-refractivity contribution in [3.8, 4) is 0 Å². The number of benzene rings is 1. The Hall–Kier alpha value is -2.47. The third-order valence-electron chi connectivity index (χ3n) is 3.12. The summed E-state index contributed by atoms with van der Waals surface area (Å²) in [6.45, 7) is 4.93. The number of carbonyl (C=O) groups is 1. The fraction of sp³-hybridized carbons (Fsp3) is 0.312. The predicted molar refractivity (Wildman–Crippen MR) is 85.4 cm³/mol. The molecule has 0 radical (unpaired) electrons. The molecule has 2 aromatic rings. The molecule has 0 fully saturated rings. The van der Waals surface area contributed by atoms with Gasteiger partial charge in [-0.1, -0.05) is 12.1 Å². The molecule has 22 heavy (non-hydrogen) atoms. The highest BCUT2D eigenvalue weighted by Crippen LogP contribution is 2.19. The number of amides is 1. The molecule has 0 saturated carbocycles. The van der Waals surface area contributed by atoms with Crippen LogP contribution in [0.25, 0.3) is 0 Å². The van der Waals surface area contributed by atoms with Crippen LogP contribution in [-0.4, -0.2) is 36.1 Å². The number of aromatic nitrogens is 2. The molecule has 0 spiro atoms. The summed E-state index contributed by atoms with van der Waals surface area (Å²) in [5.41, 5.74) is 3.47. The van der Waals surface area contributed by atoms with E-state index in [0.29, 0.717) is 24.8 Å². The smallest absolute Gasteiger partial charge is 0.270 e. The van der Waals surface area contributed by atoms with Gasteiger partial charge >= 0.3 is 0 Å². The van der Waals surface area contributed by atoms with Crippen LogP contribution in [0.15, 0.2) is 30.5 Å². The molecule has 0 aliphatic carbocycles. The van der Waals surface area contributed by atoms with Crippen molar-refractivity contribution in [2.45, 2.75) is 13.8 Å². The first-order valence-electron chi connectivity index (χ1n) is 7.04. The lowest BCUT2D eigenvalue weighted by Crippen LogP contribution is -2.27. The maximum Gasteiger partial charge on any atom is 0.270 e. The van der Waals surface area contributed by atoms with Crippen molar-refractivity contribution in [3.63, 3.8) is 0 Å². The number of methoxy groups -OCH3 is 1. The van der Waals surface area contributed by atoms with Gasteiger partial charge in [-0.25, -0.2) is 9.97 Å². The SMILES string of the molecule is COCCNC(=O)c1ccnc(Nc2cc(C)ccc2C)n1. The Morgan fingerprint density at radius 1 is 1.27 bits per heavy atom. The van der Waals surface area contributed by atoms with E-state index in [0.717, 1.165) is 16.8 Å². The Morgan fingerprint density at radius 2 is 2.09 bits per heavy atom. The van der Waals surface area contributed by atoms with Gasteiger partial charge in [-0.05, 0) is 37.1 Å². The van der Waals surface area contributed by atoms with Crippen molar-refractivity contribution in [1.29, 1.82) is 0 Å². The van der Waals surface area contributed by atoms with Crippen LogP contribution >= 0.6 is 0 Å². The molecule has 2 rings (SSSR count). The molecule has 0 saturated heterocycles. The lowest BCUT2D eigenvalue weighted by Gasteiger charge is -2.10. The lowest BCUT2D eigenvalue weighted by atomic mass is 10.1. The molecule has 0 aliphatic heterocycles. The van der Waals surface area contributed by atoms with E-state index in [1.807, 2.05) is 32.0 Å². The molecule has 0 bridgehead atoms. The largest absolute Gasteiger partial charge is 0.383 e. The van der Waals surface area contributed by atoms with Crippen molar-refractivity contribution in [2.24, 2.45) is 0 Å². The molecule has 0 unspecified atom stereocenters. The van der Waals surface area contributed by atoms with Crippen LogP contribution in [0.1, 0.15) is 21.6 Å². The van der Waals surface area contributed by atoms with Crippen molar-refractivity contribution in [2.75, 3.05) is 25.6 Å². The van der Waals surface area contributed by atoms with E-state index in [4.69, 9.17) is 4.74 Å². The molecule has 1 heterocycles. The number of aryl methyl sites for hydroxylation is 2. The van der Waals surface area contributed by atoms with E-state index in [1.54, 1.807) is 19.4 Å². The van der Waals surface area contributed by atoms with Crippen molar-refractivity contribution in [1.82, 2.24) is 15.3 Å². The molecule has 2 N–H and O–H groups in total. The van der Waals surface area contributed by atoms with Crippen molar-refractivity contribution >= 4 is 17.5 Å². The predicted octanol–water partition coefficient (Wildman–Crippen LogP) is 2.21. The van der Waals surface area contributed by atoms with Crippen LogP contribution in [-0.2, 0) is 4.74 Å². The first-order chi connectivity index (χ1) is 10.6. The first kappa shape index (κ1) is 15.9. The van der Waals surface area contributed by atoms with E-state index in [9.17, 15) is 4.79 Å². The lowest BCUT2D eigenvalue weighted by molar-refractivity contribution is 0.0932. The second-order valence-corrected chi connectivity index (χ2v) is 4.96. The Bertz CT molecular complexity index is 658. The summed E-state index contributed by atoms with van der Waals surface area (Å²) in [5.74, 6) is 0.150. The van der Waals surface area contributed by atoms with Gasteiger partial charge in [0.1, 0.15) is 5.69 Å². The average molecular weight is 300 g/mol. The fourth-order valence-electron chi connectivity index (χ4n) is 1.89. The third-order valence-corrected chi connectivity index (χ3v) is 3.12. The number of hydrogen-bond donors (Lipinski definition) is 2. The number of carbonyl (C=O) groups excluding carboxylic acids is 1. The van der Waals surface area contributed by atoms with Crippen LogP contribution in [0.2, 0.25) is 0 Å². The van der Waals surface area contributed by atoms with Gasteiger partial charge in [-0.3, -0.25) is 4.79 Å². The number of rotatable bonds is 6. The number of nitrogens with zero attached hydrogens (tertiary/aromatic N) is 2. The van der Waals surface area contributed by atoms with Gasteiger partial charge in [-0.2, -0.15) is 0 Å². The minimum atomic E-state index is -0.247. The maximum atomic E-state index is 12.0. The highest BCUT2D eigenvalue weighted by molar-refractivity contribution is 5.92. The van der Waals surface area contributed by atoms with Crippen LogP contribution in [0.5, 0.6) is 0 Å². The molecule has 1 aromatic heterocycles. The normalized spacial score (nSPS) is 10.3. The third kappa shape index (κ3) is 4.26. The highest BCUT2D eigenvalue weighted by atomic mass is 16.5. The summed E-state index contributed by atoms with van der Waals surface area (Å²) in [7, 11) is 1.59. The zero-order valence-corrected chi connectivity index (χ0v) is 13.0. The topological polar surface area (TPSA) is 76.1 Å². The van der Waals surface area contributed by atoms with Gasteiger partial charge in [0.15, 0.2) is 0 Å². The minimum absolute atomic E-state index is 0.247. The fourth-order valence-corrected chi connectivity index (χ4v) is 1.89. The molecule has 116 valence electrons. The second kappa shape index (κ2) is 7.51. The molecular formula is C16H20N4O2. The second-order valence-electron chi connectivity index (χ2n) is 4.96. The van der Waals surface area contributed by atoms with Gasteiger partial charge in [0.2, 0.25) is 5.95 Å². The van der Waals surface area contributed by atoms with Gasteiger partial charge in [0.05, 0.1) is 6.61 Å². The van der Waals surface area contributed by atoms with Crippen molar-refractivity contribution < 1.29 is 9.53 Å². The molecule has 6 heteroatoms. The Kier molecular flexibility index (Phi) is 5.43. The summed E-state index contributed by atoms with van der Waals surface area (Å²) in [6.07, 6.45) is 1.56. The van der Waals surface area contributed by atoms with E-state index < -0.39 is 0 Å². The first-order valence-corrected chi connectivity index (χ1v) is 7.04. The Labute approximate surface area is 129 Å². The monoisotopic (exact) mass is 300 g/mol. The highest BCUT2D eigenvalue weighted by Gasteiger charge is 2.09. The summed E-state index contributed by atoms with van der Waals surface area (Å²) in [5, 5.41) is 5.88. The zero-order valence-electron chi connectivity index (χ0n) is 13.0. The Morgan fingerprint density at radius 3 is 2.86 bits per heavy atom. The van der Waals surface area contributed by atoms with Gasteiger partial charge in [0, 0.05) is 25.5 Å². The molecular weight excluding hydrogens is 280 g/mol. The number of nitrogens with one attached hydrogen (secondary N) is 2. The summed E-state index contributed by atoms with van der Waals surface area (Å²) in [4.78, 5) is 20.4. The molecule has 0 atom stereocenters. The summed E-state index contributed by atoms with van der Waals surface area (Å²) < 4.78 is 4.90. The number of hydrogen-bond acceptors (Lipinski definition) is 5. The average Bonchev–Trinajstić information content (AvgIpc) is 2.51. The molecule has 1 amide bonds. The van der Waals surface area contributed by atoms with E-state index in [2.05, 4.69) is 20.6 Å². The molecule has 1 aromatic carbocycles. The Balaban J connectivity index is 2.11. The van der Waals surface area contributed by atoms with Gasteiger partial charge in [-0.15, -0.1) is 0 Å². The van der Waals surface area contributed by atoms with Gasteiger partial charge < -0.3 is 15.4 Å². The van der Waals surface area contributed by atoms with Crippen molar-refractivity contribution in [3.05, 3.63) is 47.3 Å². The van der Waals surface area contributed by atoms with Crippen LogP contribution < -0.4 is 10.6 Å². The van der Waals surface area contributed by atoms with E-state index in [-0.39, 0.29) is 5.91 Å². The summed E-state index contributed by atoms with van der Waals surface area (Å²) >= 11 is 0.